The van der Waals surface area contributed by atoms with Crippen molar-refractivity contribution in [3.8, 4) is 0 Å². The number of likely N-dealkylation sites (tertiary alicyclic amines) is 1. The molecule has 1 aromatic rings. The Balaban J connectivity index is 2.19. The van der Waals surface area contributed by atoms with Crippen molar-refractivity contribution in [1.29, 1.82) is 0 Å². The van der Waals surface area contributed by atoms with Crippen LogP contribution in [0.5, 0.6) is 0 Å². The largest absolute Gasteiger partial charge is 0.471 e. The number of carbonyl (C=O) groups is 1. The maximum Gasteiger partial charge on any atom is 0.471 e. The van der Waals surface area contributed by atoms with Crippen LogP contribution >= 0.6 is 0 Å². The van der Waals surface area contributed by atoms with Crippen LogP contribution in [-0.2, 0) is 14.5 Å². The molecule has 0 aromatic heterocycles. The van der Waals surface area contributed by atoms with E-state index in [1.165, 1.54) is 0 Å². The fraction of sp³-hybridized carbons (Fsp3) is 0.533. The van der Waals surface area contributed by atoms with E-state index < -0.39 is 21.8 Å². The molecule has 0 bridgehead atoms. The monoisotopic (exact) mass is 348 g/mol. The average molecular weight is 348 g/mol. The summed E-state index contributed by atoms with van der Waals surface area (Å²) in [6.07, 6.45) is -4.36. The van der Waals surface area contributed by atoms with Crippen LogP contribution in [0, 0.1) is 0 Å². The molecule has 8 heteroatoms. The van der Waals surface area contributed by atoms with Gasteiger partial charge in [-0.25, -0.2) is 8.57 Å². The Labute approximate surface area is 133 Å². The summed E-state index contributed by atoms with van der Waals surface area (Å²) in [4.78, 5) is 12.7. The van der Waals surface area contributed by atoms with Crippen LogP contribution in [0.4, 0.5) is 13.2 Å². The van der Waals surface area contributed by atoms with Gasteiger partial charge >= 0.3 is 12.1 Å². The van der Waals surface area contributed by atoms with E-state index in [-0.39, 0.29) is 31.2 Å². The summed E-state index contributed by atoms with van der Waals surface area (Å²) < 4.78 is 55.0. The number of alkyl halides is 3. The fourth-order valence-corrected chi connectivity index (χ4v) is 5.26. The second-order valence-corrected chi connectivity index (χ2v) is 7.85. The molecule has 1 heterocycles. The number of amides is 1. The summed E-state index contributed by atoms with van der Waals surface area (Å²) in [5.41, 5.74) is 0. The summed E-state index contributed by atoms with van der Waals surface area (Å²) in [6, 6.07) is 8.80. The Bertz CT molecular complexity index is 659. The summed E-state index contributed by atoms with van der Waals surface area (Å²) in [5.74, 6) is -1.82. The highest BCUT2D eigenvalue weighted by atomic mass is 32.2. The Morgan fingerprint density at radius 3 is 2.30 bits per heavy atom. The number of hydrogen-bond acceptors (Lipinski definition) is 3. The van der Waals surface area contributed by atoms with Gasteiger partial charge in [-0.05, 0) is 31.9 Å². The fourth-order valence-electron chi connectivity index (χ4n) is 2.74. The van der Waals surface area contributed by atoms with Crippen LogP contribution in [-0.4, -0.2) is 46.1 Å². The van der Waals surface area contributed by atoms with Gasteiger partial charge < -0.3 is 4.90 Å². The molecule has 0 radical (unpaired) electrons. The minimum atomic E-state index is -4.86. The highest BCUT2D eigenvalue weighted by Gasteiger charge is 2.44. The molecule has 1 aliphatic heterocycles. The molecule has 1 saturated heterocycles. The maximum absolute atomic E-state index is 13.3. The van der Waals surface area contributed by atoms with E-state index >= 15 is 0 Å². The van der Waals surface area contributed by atoms with Gasteiger partial charge in [0.05, 0.1) is 15.0 Å². The van der Waals surface area contributed by atoms with Gasteiger partial charge in [0.25, 0.3) is 0 Å². The van der Waals surface area contributed by atoms with Crippen LogP contribution in [0.2, 0.25) is 0 Å². The molecular weight excluding hydrogens is 329 g/mol. The predicted molar refractivity (Wildman–Crippen MR) is 81.5 cm³/mol. The summed E-state index contributed by atoms with van der Waals surface area (Å²) in [6.45, 7) is 2.05. The summed E-state index contributed by atoms with van der Waals surface area (Å²) in [7, 11) is -2.70. The molecule has 4 nitrogen and oxygen atoms in total. The van der Waals surface area contributed by atoms with Crippen LogP contribution in [0.3, 0.4) is 0 Å². The molecule has 1 aliphatic rings. The first-order chi connectivity index (χ1) is 10.8. The first kappa shape index (κ1) is 17.8. The zero-order valence-corrected chi connectivity index (χ0v) is 13.6. The van der Waals surface area contributed by atoms with E-state index in [9.17, 15) is 22.2 Å². The number of rotatable bonds is 3. The lowest BCUT2D eigenvalue weighted by molar-refractivity contribution is -0.186. The van der Waals surface area contributed by atoms with E-state index in [1.54, 1.807) is 37.3 Å². The summed E-state index contributed by atoms with van der Waals surface area (Å²) >= 11 is 0. The van der Waals surface area contributed by atoms with Crippen molar-refractivity contribution < 1.29 is 22.2 Å². The highest BCUT2D eigenvalue weighted by molar-refractivity contribution is 7.94. The van der Waals surface area contributed by atoms with Crippen molar-refractivity contribution in [2.24, 2.45) is 4.36 Å². The van der Waals surface area contributed by atoms with Crippen LogP contribution in [0.25, 0.3) is 0 Å². The van der Waals surface area contributed by atoms with E-state index in [2.05, 4.69) is 4.36 Å². The molecule has 23 heavy (non-hydrogen) atoms. The minimum absolute atomic E-state index is 0.0495. The lowest BCUT2D eigenvalue weighted by Gasteiger charge is -2.33. The molecule has 0 saturated carbocycles. The molecule has 1 unspecified atom stereocenters. The lowest BCUT2D eigenvalue weighted by atomic mass is 10.1. The van der Waals surface area contributed by atoms with E-state index in [0.29, 0.717) is 11.4 Å². The topological polar surface area (TPSA) is 49.7 Å². The van der Waals surface area contributed by atoms with Crippen LogP contribution in [0.1, 0.15) is 19.8 Å². The van der Waals surface area contributed by atoms with E-state index in [4.69, 9.17) is 0 Å². The number of benzene rings is 1. The Morgan fingerprint density at radius 2 is 1.83 bits per heavy atom. The molecule has 1 amide bonds. The number of nitrogens with zero attached hydrogens (tertiary/aromatic N) is 2. The van der Waals surface area contributed by atoms with Crippen LogP contribution < -0.4 is 0 Å². The Hall–Kier alpha value is -1.57. The first-order valence-electron chi connectivity index (χ1n) is 7.42. The van der Waals surface area contributed by atoms with Gasteiger partial charge in [-0.2, -0.15) is 13.2 Å². The highest BCUT2D eigenvalue weighted by Crippen LogP contribution is 2.29. The molecular formula is C15H19F3N2O2S. The van der Waals surface area contributed by atoms with Crippen molar-refractivity contribution in [1.82, 2.24) is 4.90 Å². The molecule has 128 valence electrons. The van der Waals surface area contributed by atoms with E-state index in [0.717, 1.165) is 4.90 Å². The lowest BCUT2D eigenvalue weighted by Crippen LogP contribution is -2.47. The third-order valence-electron chi connectivity index (χ3n) is 3.83. The van der Waals surface area contributed by atoms with Gasteiger partial charge in [0.15, 0.2) is 0 Å². The molecule has 0 spiro atoms. The molecule has 1 atom stereocenters. The zero-order valence-electron chi connectivity index (χ0n) is 12.8. The molecule has 2 rings (SSSR count). The van der Waals surface area contributed by atoms with Gasteiger partial charge in [-0.15, -0.1) is 0 Å². The maximum atomic E-state index is 13.3. The normalized spacial score (nSPS) is 19.2. The number of halogens is 3. The van der Waals surface area contributed by atoms with Crippen LogP contribution in [0.15, 0.2) is 39.6 Å². The molecule has 0 aliphatic carbocycles. The van der Waals surface area contributed by atoms with Crippen molar-refractivity contribution in [2.45, 2.75) is 36.1 Å². The second-order valence-electron chi connectivity index (χ2n) is 5.32. The molecule has 1 fully saturated rings. The molecule has 1 aromatic carbocycles. The van der Waals surface area contributed by atoms with E-state index in [1.807, 2.05) is 0 Å². The van der Waals surface area contributed by atoms with Crippen molar-refractivity contribution >= 4 is 15.6 Å². The van der Waals surface area contributed by atoms with Gasteiger partial charge in [0.2, 0.25) is 0 Å². The predicted octanol–water partition coefficient (Wildman–Crippen LogP) is 3.09. The summed E-state index contributed by atoms with van der Waals surface area (Å²) in [5, 5.41) is -0.345. The molecule has 0 N–H and O–H groups in total. The number of piperidine rings is 1. The van der Waals surface area contributed by atoms with Crippen molar-refractivity contribution in [2.75, 3.05) is 19.6 Å². The second kappa shape index (κ2) is 6.90. The van der Waals surface area contributed by atoms with Gasteiger partial charge in [-0.1, -0.05) is 18.2 Å². The first-order valence-corrected chi connectivity index (χ1v) is 8.99. The third kappa shape index (κ3) is 3.85. The average Bonchev–Trinajstić information content (AvgIpc) is 2.54. The smallest absolute Gasteiger partial charge is 0.335 e. The zero-order chi connectivity index (χ0) is 17.1. The minimum Gasteiger partial charge on any atom is -0.335 e. The SMILES string of the molecule is CCN=S(=O)(c1ccccc1)C1CCN(C(=O)C(F)(F)F)CC1. The van der Waals surface area contributed by atoms with Crippen molar-refractivity contribution in [3.05, 3.63) is 30.3 Å². The van der Waals surface area contributed by atoms with Gasteiger partial charge in [0, 0.05) is 24.5 Å². The number of hydrogen-bond donors (Lipinski definition) is 0. The third-order valence-corrected chi connectivity index (χ3v) is 6.79. The quantitative estimate of drug-likeness (QED) is 0.843. The number of carbonyl (C=O) groups excluding carboxylic acids is 1. The standard InChI is InChI=1S/C15H19F3N2O2S/c1-2-19-23(22,12-6-4-3-5-7-12)13-8-10-20(11-9-13)14(21)15(16,17)18/h3-7,13H,2,8-11H2,1H3. The van der Waals surface area contributed by atoms with Gasteiger partial charge in [0.1, 0.15) is 0 Å². The van der Waals surface area contributed by atoms with Gasteiger partial charge in [-0.3, -0.25) is 4.79 Å². The Morgan fingerprint density at radius 1 is 1.26 bits per heavy atom. The van der Waals surface area contributed by atoms with Crippen molar-refractivity contribution in [3.63, 3.8) is 0 Å². The Kier molecular flexibility index (Phi) is 5.33.